The monoisotopic (exact) mass is 340 g/mol. The van der Waals surface area contributed by atoms with Crippen LogP contribution in [0.3, 0.4) is 0 Å². The van der Waals surface area contributed by atoms with Crippen LogP contribution >= 0.6 is 22.6 Å². The van der Waals surface area contributed by atoms with Gasteiger partial charge in [-0.15, -0.1) is 0 Å². The summed E-state index contributed by atoms with van der Waals surface area (Å²) in [4.78, 5) is 0. The SMILES string of the molecule is FC(F)=CC(F)(F)C(F)(F)C(F)(F)I. The molecule has 0 aliphatic carbocycles. The van der Waals surface area contributed by atoms with Crippen molar-refractivity contribution >= 4 is 22.6 Å². The molecule has 0 aromatic carbocycles. The number of alkyl halides is 7. The Kier molecular flexibility index (Phi) is 3.79. The highest BCUT2D eigenvalue weighted by Gasteiger charge is 2.69. The molecule has 0 amide bonds. The largest absolute Gasteiger partial charge is 0.385 e. The lowest BCUT2D eigenvalue weighted by Crippen LogP contribution is -2.49. The number of halogens is 9. The van der Waals surface area contributed by atoms with Crippen LogP contribution in [0, 0.1) is 0 Å². The maximum absolute atomic E-state index is 12.2. The van der Waals surface area contributed by atoms with Crippen LogP contribution < -0.4 is 0 Å². The van der Waals surface area contributed by atoms with Crippen LogP contribution in [0.15, 0.2) is 12.2 Å². The first-order valence-electron chi connectivity index (χ1n) is 2.78. The Bertz CT molecular complexity index is 235. The highest BCUT2D eigenvalue weighted by atomic mass is 127. The van der Waals surface area contributed by atoms with Gasteiger partial charge in [-0.25, -0.2) is 0 Å². The van der Waals surface area contributed by atoms with Gasteiger partial charge >= 0.3 is 15.8 Å². The third kappa shape index (κ3) is 2.70. The van der Waals surface area contributed by atoms with E-state index in [1.54, 1.807) is 0 Å². The van der Waals surface area contributed by atoms with Crippen molar-refractivity contribution in [1.29, 1.82) is 0 Å². The summed E-state index contributed by atoms with van der Waals surface area (Å²) in [6.07, 6.45) is -4.66. The second kappa shape index (κ2) is 3.81. The van der Waals surface area contributed by atoms with Crippen molar-refractivity contribution in [3.8, 4) is 0 Å². The summed E-state index contributed by atoms with van der Waals surface area (Å²) in [5, 5.41) is 0. The lowest BCUT2D eigenvalue weighted by atomic mass is 10.2. The predicted molar refractivity (Wildman–Crippen MR) is 39.2 cm³/mol. The van der Waals surface area contributed by atoms with Crippen molar-refractivity contribution in [1.82, 2.24) is 0 Å². The average Bonchev–Trinajstić information content (AvgIpc) is 1.80. The Hall–Kier alpha value is -0.0900. The van der Waals surface area contributed by atoms with E-state index in [0.717, 1.165) is 0 Å². The zero-order chi connectivity index (χ0) is 11.8. The molecular formula is C5HF8I. The van der Waals surface area contributed by atoms with Gasteiger partial charge in [-0.05, 0) is 0 Å². The van der Waals surface area contributed by atoms with E-state index in [1.807, 2.05) is 0 Å². The van der Waals surface area contributed by atoms with Crippen LogP contribution in [-0.2, 0) is 0 Å². The first-order chi connectivity index (χ1) is 5.92. The van der Waals surface area contributed by atoms with Gasteiger partial charge in [0, 0.05) is 22.6 Å². The second-order valence-electron chi connectivity index (χ2n) is 2.13. The van der Waals surface area contributed by atoms with Crippen molar-refractivity contribution < 1.29 is 35.1 Å². The summed E-state index contributed by atoms with van der Waals surface area (Å²) < 4.78 is 89.9. The van der Waals surface area contributed by atoms with Crippen LogP contribution in [0.4, 0.5) is 35.1 Å². The normalized spacial score (nSPS) is 14.1. The Balaban J connectivity index is 5.18. The first-order valence-corrected chi connectivity index (χ1v) is 3.86. The second-order valence-corrected chi connectivity index (χ2v) is 3.48. The van der Waals surface area contributed by atoms with Crippen LogP contribution in [0.2, 0.25) is 0 Å². The molecule has 0 bridgehead atoms. The Morgan fingerprint density at radius 2 is 1.29 bits per heavy atom. The van der Waals surface area contributed by atoms with Gasteiger partial charge in [-0.2, -0.15) is 35.1 Å². The molecule has 0 saturated carbocycles. The molecule has 0 nitrogen and oxygen atoms in total. The lowest BCUT2D eigenvalue weighted by molar-refractivity contribution is -0.249. The van der Waals surface area contributed by atoms with Gasteiger partial charge in [0.1, 0.15) is 0 Å². The van der Waals surface area contributed by atoms with Gasteiger partial charge < -0.3 is 0 Å². The zero-order valence-corrected chi connectivity index (χ0v) is 8.14. The van der Waals surface area contributed by atoms with Crippen molar-refractivity contribution in [2.45, 2.75) is 15.8 Å². The molecule has 0 N–H and O–H groups in total. The maximum Gasteiger partial charge on any atom is 0.385 e. The van der Waals surface area contributed by atoms with E-state index in [4.69, 9.17) is 0 Å². The topological polar surface area (TPSA) is 0 Å². The Morgan fingerprint density at radius 1 is 0.929 bits per heavy atom. The Labute approximate surface area is 86.1 Å². The highest BCUT2D eigenvalue weighted by Crippen LogP contribution is 2.50. The molecule has 0 heterocycles. The molecule has 0 aromatic rings. The van der Waals surface area contributed by atoms with E-state index >= 15 is 0 Å². The predicted octanol–water partition coefficient (Wildman–Crippen LogP) is 4.07. The van der Waals surface area contributed by atoms with Gasteiger partial charge in [0.2, 0.25) is 0 Å². The van der Waals surface area contributed by atoms with Gasteiger partial charge in [-0.1, -0.05) is 0 Å². The Morgan fingerprint density at radius 3 is 1.50 bits per heavy atom. The van der Waals surface area contributed by atoms with Crippen molar-refractivity contribution in [2.24, 2.45) is 0 Å². The molecule has 0 aliphatic heterocycles. The molecule has 0 rings (SSSR count). The van der Waals surface area contributed by atoms with Crippen LogP contribution in [0.25, 0.3) is 0 Å². The van der Waals surface area contributed by atoms with E-state index in [2.05, 4.69) is 0 Å². The number of rotatable bonds is 3. The summed E-state index contributed by atoms with van der Waals surface area (Å²) in [6, 6.07) is 0. The molecule has 0 spiro atoms. The minimum atomic E-state index is -5.87. The van der Waals surface area contributed by atoms with Gasteiger partial charge in [0.25, 0.3) is 6.08 Å². The first kappa shape index (κ1) is 13.9. The molecule has 0 saturated heterocycles. The molecule has 84 valence electrons. The van der Waals surface area contributed by atoms with Crippen LogP contribution in [0.1, 0.15) is 0 Å². The fourth-order valence-electron chi connectivity index (χ4n) is 0.417. The summed E-state index contributed by atoms with van der Waals surface area (Å²) in [7, 11) is 0. The van der Waals surface area contributed by atoms with E-state index in [1.165, 1.54) is 0 Å². The molecule has 14 heavy (non-hydrogen) atoms. The molecule has 0 radical (unpaired) electrons. The van der Waals surface area contributed by atoms with Gasteiger partial charge in [0.15, 0.2) is 0 Å². The molecule has 0 atom stereocenters. The minimum absolute atomic E-state index is 0.246. The molecule has 9 heteroatoms. The van der Waals surface area contributed by atoms with E-state index in [0.29, 0.717) is 0 Å². The minimum Gasteiger partial charge on any atom is -0.194 e. The van der Waals surface area contributed by atoms with Crippen LogP contribution in [0.5, 0.6) is 0 Å². The van der Waals surface area contributed by atoms with Crippen molar-refractivity contribution in [3.63, 3.8) is 0 Å². The summed E-state index contributed by atoms with van der Waals surface area (Å²) in [5.41, 5.74) is 0. The zero-order valence-electron chi connectivity index (χ0n) is 5.98. The highest BCUT2D eigenvalue weighted by molar-refractivity contribution is 14.1. The third-order valence-electron chi connectivity index (χ3n) is 1.07. The van der Waals surface area contributed by atoms with Crippen molar-refractivity contribution in [3.05, 3.63) is 12.2 Å². The van der Waals surface area contributed by atoms with Crippen molar-refractivity contribution in [2.75, 3.05) is 0 Å². The van der Waals surface area contributed by atoms with Gasteiger partial charge in [-0.3, -0.25) is 0 Å². The molecule has 0 aliphatic rings. The lowest BCUT2D eigenvalue weighted by Gasteiger charge is -2.27. The van der Waals surface area contributed by atoms with E-state index in [9.17, 15) is 35.1 Å². The number of hydrogen-bond donors (Lipinski definition) is 0. The fourth-order valence-corrected chi connectivity index (χ4v) is 0.776. The van der Waals surface area contributed by atoms with Gasteiger partial charge in [0.05, 0.1) is 6.08 Å². The number of hydrogen-bond acceptors (Lipinski definition) is 0. The fraction of sp³-hybridized carbons (Fsp3) is 0.600. The standard InChI is InChI=1S/C5HF8I/c6-2(7)1-3(8,9)4(10,11)5(12,13)14/h1H. The molecule has 0 fully saturated rings. The van der Waals surface area contributed by atoms with E-state index in [-0.39, 0.29) is 22.6 Å². The summed E-state index contributed by atoms with van der Waals surface area (Å²) >= 11 is -0.246. The van der Waals surface area contributed by atoms with Crippen LogP contribution in [-0.4, -0.2) is 15.8 Å². The smallest absolute Gasteiger partial charge is 0.194 e. The summed E-state index contributed by atoms with van der Waals surface area (Å²) in [5.74, 6) is -11.5. The molecular weight excluding hydrogens is 339 g/mol. The number of allylic oxidation sites excluding steroid dienone is 1. The third-order valence-corrected chi connectivity index (χ3v) is 1.74. The van der Waals surface area contributed by atoms with E-state index < -0.39 is 27.9 Å². The molecule has 0 aromatic heterocycles. The summed E-state index contributed by atoms with van der Waals surface area (Å²) in [6.45, 7) is 0. The molecule has 0 unspecified atom stereocenters. The average molecular weight is 340 g/mol. The maximum atomic E-state index is 12.2. The quantitative estimate of drug-likeness (QED) is 0.413.